The van der Waals surface area contributed by atoms with E-state index >= 15 is 0 Å². The number of aromatic nitrogens is 2. The zero-order valence-corrected chi connectivity index (χ0v) is 19.6. The van der Waals surface area contributed by atoms with Gasteiger partial charge in [0.15, 0.2) is 5.78 Å². The molecule has 2 aromatic heterocycles. The van der Waals surface area contributed by atoms with E-state index in [0.29, 0.717) is 24.1 Å². The fraction of sp³-hybridized carbons (Fsp3) is 0.444. The predicted molar refractivity (Wildman–Crippen MR) is 134 cm³/mol. The third kappa shape index (κ3) is 3.54. The Bertz CT molecular complexity index is 1290. The second-order valence-corrected chi connectivity index (χ2v) is 9.81. The Kier molecular flexibility index (Phi) is 5.26. The van der Waals surface area contributed by atoms with Crippen molar-refractivity contribution in [1.82, 2.24) is 14.9 Å². The van der Waals surface area contributed by atoms with Crippen LogP contribution in [0.4, 0.5) is 11.5 Å². The first-order chi connectivity index (χ1) is 16.6. The van der Waals surface area contributed by atoms with E-state index in [1.165, 1.54) is 11.3 Å². The van der Waals surface area contributed by atoms with Gasteiger partial charge in [-0.05, 0) is 68.6 Å². The summed E-state index contributed by atoms with van der Waals surface area (Å²) in [5, 5.41) is 13.9. The minimum atomic E-state index is 0.284. The number of ketones is 1. The van der Waals surface area contributed by atoms with Gasteiger partial charge in [0.2, 0.25) is 0 Å². The van der Waals surface area contributed by atoms with Gasteiger partial charge in [0.05, 0.1) is 5.56 Å². The zero-order chi connectivity index (χ0) is 23.2. The van der Waals surface area contributed by atoms with Crippen molar-refractivity contribution in [2.24, 2.45) is 0 Å². The van der Waals surface area contributed by atoms with Crippen molar-refractivity contribution in [3.8, 4) is 6.07 Å². The maximum Gasteiger partial charge on any atom is 0.163 e. The second-order valence-electron chi connectivity index (χ2n) is 9.81. The molecule has 7 heteroatoms. The summed E-state index contributed by atoms with van der Waals surface area (Å²) >= 11 is 0. The molecular formula is C27H30N6O. The summed E-state index contributed by atoms with van der Waals surface area (Å²) in [6, 6.07) is 13.8. The van der Waals surface area contributed by atoms with Crippen LogP contribution in [0.1, 0.15) is 53.2 Å². The van der Waals surface area contributed by atoms with Crippen LogP contribution in [0.25, 0.3) is 11.0 Å². The van der Waals surface area contributed by atoms with Crippen LogP contribution in [0, 0.1) is 11.3 Å². The third-order valence-electron chi connectivity index (χ3n) is 7.91. The standard InChI is InChI=1S/C27H30N6O/c1-29-20-14-22(15-20)33-17-19(16-28)24-7-8-26(30-27(24)33)32-11-9-31(10-12-32)21-5-6-23-18(13-21)3-2-4-25(23)34/h5-8,13,17,20,22,29H,2-4,9-12,14-15H2,1H3. The number of rotatable bonds is 4. The number of hydrogen-bond acceptors (Lipinski definition) is 6. The molecule has 7 nitrogen and oxygen atoms in total. The van der Waals surface area contributed by atoms with Gasteiger partial charge in [-0.15, -0.1) is 0 Å². The Balaban J connectivity index is 1.20. The lowest BCUT2D eigenvalue weighted by Crippen LogP contribution is -2.47. The lowest BCUT2D eigenvalue weighted by molar-refractivity contribution is 0.0972. The van der Waals surface area contributed by atoms with Crippen LogP contribution in [0.2, 0.25) is 0 Å². The van der Waals surface area contributed by atoms with E-state index in [9.17, 15) is 10.1 Å². The molecule has 0 atom stereocenters. The number of anilines is 2. The molecule has 0 spiro atoms. The van der Waals surface area contributed by atoms with Crippen LogP contribution >= 0.6 is 0 Å². The van der Waals surface area contributed by atoms with Gasteiger partial charge >= 0.3 is 0 Å². The van der Waals surface area contributed by atoms with Crippen molar-refractivity contribution in [3.63, 3.8) is 0 Å². The molecule has 1 saturated carbocycles. The molecule has 2 fully saturated rings. The van der Waals surface area contributed by atoms with Crippen LogP contribution in [0.15, 0.2) is 36.5 Å². The Hall–Kier alpha value is -3.37. The van der Waals surface area contributed by atoms with E-state index in [-0.39, 0.29) is 5.78 Å². The Labute approximate surface area is 200 Å². The quantitative estimate of drug-likeness (QED) is 0.648. The Morgan fingerprint density at radius 2 is 1.85 bits per heavy atom. The van der Waals surface area contributed by atoms with E-state index < -0.39 is 0 Å². The van der Waals surface area contributed by atoms with Gasteiger partial charge in [-0.25, -0.2) is 4.98 Å². The highest BCUT2D eigenvalue weighted by molar-refractivity contribution is 5.98. The smallest absolute Gasteiger partial charge is 0.163 e. The number of nitrogens with zero attached hydrogens (tertiary/aromatic N) is 5. The highest BCUT2D eigenvalue weighted by atomic mass is 16.1. The van der Waals surface area contributed by atoms with Gasteiger partial charge in [-0.1, -0.05) is 0 Å². The molecule has 34 heavy (non-hydrogen) atoms. The summed E-state index contributed by atoms with van der Waals surface area (Å²) < 4.78 is 2.22. The van der Waals surface area contributed by atoms with Gasteiger partial charge in [0.1, 0.15) is 17.5 Å². The monoisotopic (exact) mass is 454 g/mol. The van der Waals surface area contributed by atoms with Crippen LogP contribution < -0.4 is 15.1 Å². The van der Waals surface area contributed by atoms with Crippen LogP contribution in [-0.4, -0.2) is 54.6 Å². The molecule has 3 aliphatic rings. The summed E-state index contributed by atoms with van der Waals surface area (Å²) in [5.74, 6) is 1.27. The van der Waals surface area contributed by atoms with Gasteiger partial charge < -0.3 is 19.7 Å². The first kappa shape index (κ1) is 21.2. The molecule has 174 valence electrons. The molecule has 0 radical (unpaired) electrons. The average Bonchev–Trinajstić information content (AvgIpc) is 3.21. The molecule has 6 rings (SSSR count). The number of Topliss-reactive ketones (excluding diaryl/α,β-unsaturated/α-hetero) is 1. The summed E-state index contributed by atoms with van der Waals surface area (Å²) in [5.41, 5.74) is 4.97. The normalized spacial score (nSPS) is 22.4. The van der Waals surface area contributed by atoms with Gasteiger partial charge in [0.25, 0.3) is 0 Å². The highest BCUT2D eigenvalue weighted by Gasteiger charge is 2.31. The molecule has 0 unspecified atom stereocenters. The Morgan fingerprint density at radius 1 is 1.06 bits per heavy atom. The number of piperazine rings is 1. The van der Waals surface area contributed by atoms with E-state index in [4.69, 9.17) is 4.98 Å². The number of carbonyl (C=O) groups excluding carboxylic acids is 1. The first-order valence-electron chi connectivity index (χ1n) is 12.4. The molecular weight excluding hydrogens is 424 g/mol. The number of pyridine rings is 1. The molecule has 2 aliphatic carbocycles. The lowest BCUT2D eigenvalue weighted by atomic mass is 9.87. The molecule has 1 aliphatic heterocycles. The molecule has 3 aromatic rings. The highest BCUT2D eigenvalue weighted by Crippen LogP contribution is 2.36. The average molecular weight is 455 g/mol. The number of benzene rings is 1. The van der Waals surface area contributed by atoms with Crippen molar-refractivity contribution in [1.29, 1.82) is 5.26 Å². The minimum absolute atomic E-state index is 0.284. The van der Waals surface area contributed by atoms with E-state index in [1.807, 2.05) is 19.3 Å². The molecule has 1 saturated heterocycles. The summed E-state index contributed by atoms with van der Waals surface area (Å²) in [6.07, 6.45) is 6.77. The van der Waals surface area contributed by atoms with Gasteiger partial charge in [-0.3, -0.25) is 4.79 Å². The number of hydrogen-bond donors (Lipinski definition) is 1. The fourth-order valence-electron chi connectivity index (χ4n) is 5.73. The number of nitriles is 1. The summed E-state index contributed by atoms with van der Waals surface area (Å²) in [7, 11) is 2.01. The maximum absolute atomic E-state index is 12.2. The van der Waals surface area contributed by atoms with E-state index in [1.54, 1.807) is 0 Å². The Morgan fingerprint density at radius 3 is 2.62 bits per heavy atom. The van der Waals surface area contributed by atoms with Gasteiger partial charge in [-0.2, -0.15) is 5.26 Å². The summed E-state index contributed by atoms with van der Waals surface area (Å²) in [6.45, 7) is 3.63. The van der Waals surface area contributed by atoms with Crippen LogP contribution in [0.5, 0.6) is 0 Å². The van der Waals surface area contributed by atoms with Crippen molar-refractivity contribution in [2.75, 3.05) is 43.0 Å². The van der Waals surface area contributed by atoms with Crippen LogP contribution in [-0.2, 0) is 6.42 Å². The maximum atomic E-state index is 12.2. The van der Waals surface area contributed by atoms with Crippen molar-refractivity contribution in [2.45, 2.75) is 44.2 Å². The third-order valence-corrected chi connectivity index (χ3v) is 7.91. The van der Waals surface area contributed by atoms with Gasteiger partial charge in [0, 0.05) is 67.5 Å². The largest absolute Gasteiger partial charge is 0.368 e. The lowest BCUT2D eigenvalue weighted by Gasteiger charge is -2.38. The number of aryl methyl sites for hydroxylation is 1. The molecule has 3 heterocycles. The summed E-state index contributed by atoms with van der Waals surface area (Å²) in [4.78, 5) is 22.0. The molecule has 0 bridgehead atoms. The SMILES string of the molecule is CNC1CC(n2cc(C#N)c3ccc(N4CCN(c5ccc6c(c5)CCCC6=O)CC4)nc32)C1. The number of fused-ring (bicyclic) bond motifs is 2. The topological polar surface area (TPSA) is 77.2 Å². The first-order valence-corrected chi connectivity index (χ1v) is 12.4. The van der Waals surface area contributed by atoms with E-state index in [2.05, 4.69) is 50.0 Å². The second kappa shape index (κ2) is 8.44. The molecule has 1 N–H and O–H groups in total. The molecule has 1 aromatic carbocycles. The van der Waals surface area contributed by atoms with Crippen molar-refractivity contribution in [3.05, 3.63) is 53.2 Å². The van der Waals surface area contributed by atoms with E-state index in [0.717, 1.165) is 74.3 Å². The van der Waals surface area contributed by atoms with Crippen molar-refractivity contribution < 1.29 is 4.79 Å². The van der Waals surface area contributed by atoms with Crippen LogP contribution in [0.3, 0.4) is 0 Å². The number of carbonyl (C=O) groups is 1. The number of nitrogens with one attached hydrogen (secondary N) is 1. The fourth-order valence-corrected chi connectivity index (χ4v) is 5.73. The van der Waals surface area contributed by atoms with Crippen molar-refractivity contribution >= 4 is 28.3 Å². The predicted octanol–water partition coefficient (Wildman–Crippen LogP) is 3.68. The zero-order valence-electron chi connectivity index (χ0n) is 19.6. The minimum Gasteiger partial charge on any atom is -0.368 e. The molecule has 0 amide bonds.